The van der Waals surface area contributed by atoms with Crippen molar-refractivity contribution in [2.75, 3.05) is 13.2 Å². The van der Waals surface area contributed by atoms with Gasteiger partial charge in [0.1, 0.15) is 11.6 Å². The summed E-state index contributed by atoms with van der Waals surface area (Å²) >= 11 is 0. The average molecular weight is 474 g/mol. The number of aliphatic hydroxyl groups excluding tert-OH is 1. The van der Waals surface area contributed by atoms with E-state index in [0.29, 0.717) is 30.8 Å². The van der Waals surface area contributed by atoms with Crippen molar-refractivity contribution in [3.05, 3.63) is 65.0 Å². The first-order valence-corrected chi connectivity index (χ1v) is 11.6. The second kappa shape index (κ2) is 11.4. The Morgan fingerprint density at radius 3 is 2.53 bits per heavy atom. The van der Waals surface area contributed by atoms with E-state index in [9.17, 15) is 19.1 Å². The Morgan fingerprint density at radius 2 is 1.88 bits per heavy atom. The molecule has 1 aliphatic heterocycles. The molecule has 1 amide bonds. The molecule has 0 bridgehead atoms. The number of ether oxygens (including phenoxy) is 2. The number of hydrogen-bond donors (Lipinski definition) is 3. The maximum absolute atomic E-state index is 13.5. The van der Waals surface area contributed by atoms with Gasteiger partial charge in [0, 0.05) is 30.4 Å². The van der Waals surface area contributed by atoms with Crippen molar-refractivity contribution in [2.45, 2.75) is 63.7 Å². The van der Waals surface area contributed by atoms with Gasteiger partial charge in [-0.25, -0.2) is 9.18 Å². The third-order valence-corrected chi connectivity index (χ3v) is 5.98. The van der Waals surface area contributed by atoms with Crippen LogP contribution in [0, 0.1) is 5.82 Å². The van der Waals surface area contributed by atoms with Crippen LogP contribution in [0.15, 0.2) is 42.5 Å². The third-order valence-electron chi connectivity index (χ3n) is 5.98. The Morgan fingerprint density at radius 1 is 1.18 bits per heavy atom. The molecule has 2 aromatic carbocycles. The van der Waals surface area contributed by atoms with Gasteiger partial charge in [-0.3, -0.25) is 4.79 Å². The average Bonchev–Trinajstić information content (AvgIpc) is 2.79. The van der Waals surface area contributed by atoms with Gasteiger partial charge in [0.15, 0.2) is 0 Å². The van der Waals surface area contributed by atoms with Gasteiger partial charge >= 0.3 is 5.97 Å². The van der Waals surface area contributed by atoms with Crippen LogP contribution >= 0.6 is 0 Å². The van der Waals surface area contributed by atoms with Crippen molar-refractivity contribution < 1.29 is 33.7 Å². The first-order chi connectivity index (χ1) is 16.2. The summed E-state index contributed by atoms with van der Waals surface area (Å²) in [7, 11) is 0. The second-order valence-corrected chi connectivity index (χ2v) is 8.92. The van der Waals surface area contributed by atoms with Crippen LogP contribution < -0.4 is 10.1 Å². The van der Waals surface area contributed by atoms with Crippen molar-refractivity contribution in [3.63, 3.8) is 0 Å². The summed E-state index contributed by atoms with van der Waals surface area (Å²) in [6.45, 7) is 4.16. The molecule has 0 spiro atoms. The minimum absolute atomic E-state index is 0.0256. The predicted molar refractivity (Wildman–Crippen MR) is 124 cm³/mol. The number of halogens is 1. The molecule has 8 heteroatoms. The number of rotatable bonds is 10. The van der Waals surface area contributed by atoms with Gasteiger partial charge in [0.05, 0.1) is 31.0 Å². The molecule has 0 aromatic heterocycles. The summed E-state index contributed by atoms with van der Waals surface area (Å²) in [5, 5.41) is 21.7. The van der Waals surface area contributed by atoms with Gasteiger partial charge in [0.25, 0.3) is 0 Å². The lowest BCUT2D eigenvalue weighted by atomic mass is 9.81. The fourth-order valence-electron chi connectivity index (χ4n) is 4.25. The largest absolute Gasteiger partial charge is 0.493 e. The first kappa shape index (κ1) is 25.6. The molecular formula is C26H32FNO6. The number of carboxylic acids is 1. The molecule has 3 atom stereocenters. The van der Waals surface area contributed by atoms with E-state index in [2.05, 4.69) is 12.2 Å². The van der Waals surface area contributed by atoms with E-state index in [0.717, 1.165) is 18.4 Å². The predicted octanol–water partition coefficient (Wildman–Crippen LogP) is 4.55. The minimum atomic E-state index is -1.06. The lowest BCUT2D eigenvalue weighted by molar-refractivity contribution is -0.129. The highest BCUT2D eigenvalue weighted by Crippen LogP contribution is 2.46. The fourth-order valence-corrected chi connectivity index (χ4v) is 4.25. The maximum atomic E-state index is 13.5. The number of nitrogens with one attached hydrogen (secondary N) is 1. The molecule has 0 radical (unpaired) electrons. The van der Waals surface area contributed by atoms with Gasteiger partial charge < -0.3 is 25.0 Å². The Bertz CT molecular complexity index is 995. The summed E-state index contributed by atoms with van der Waals surface area (Å²) < 4.78 is 25.9. The van der Waals surface area contributed by atoms with E-state index in [1.54, 1.807) is 24.3 Å². The molecular weight excluding hydrogens is 441 g/mol. The van der Waals surface area contributed by atoms with E-state index in [1.807, 2.05) is 6.92 Å². The number of aromatic carboxylic acids is 1. The molecule has 184 valence electrons. The molecule has 1 heterocycles. The highest BCUT2D eigenvalue weighted by atomic mass is 19.1. The van der Waals surface area contributed by atoms with Crippen LogP contribution in [0.3, 0.4) is 0 Å². The Hall–Kier alpha value is -2.97. The third kappa shape index (κ3) is 6.55. The number of hydrogen-bond acceptors (Lipinski definition) is 5. The molecule has 34 heavy (non-hydrogen) atoms. The van der Waals surface area contributed by atoms with Gasteiger partial charge in [-0.15, -0.1) is 0 Å². The number of unbranched alkanes of at least 4 members (excludes halogenated alkanes) is 1. The topological polar surface area (TPSA) is 105 Å². The van der Waals surface area contributed by atoms with Gasteiger partial charge in [-0.1, -0.05) is 25.5 Å². The molecule has 1 saturated heterocycles. The zero-order valence-electron chi connectivity index (χ0n) is 19.6. The molecule has 3 N–H and O–H groups in total. The summed E-state index contributed by atoms with van der Waals surface area (Å²) in [6, 6.07) is 10.7. The normalized spacial score (nSPS) is 22.2. The van der Waals surface area contributed by atoms with E-state index in [4.69, 9.17) is 14.6 Å². The zero-order chi connectivity index (χ0) is 24.7. The molecule has 0 aliphatic carbocycles. The van der Waals surface area contributed by atoms with Gasteiger partial charge in [0.2, 0.25) is 5.91 Å². The number of carbonyl (C=O) groups excluding carboxylic acids is 1. The highest BCUT2D eigenvalue weighted by Gasteiger charge is 2.41. The van der Waals surface area contributed by atoms with Crippen molar-refractivity contribution >= 4 is 11.9 Å². The first-order valence-electron chi connectivity index (χ1n) is 11.6. The smallest absolute Gasteiger partial charge is 0.335 e. The summed E-state index contributed by atoms with van der Waals surface area (Å²) in [5.41, 5.74) is 0.729. The minimum Gasteiger partial charge on any atom is -0.493 e. The summed E-state index contributed by atoms with van der Waals surface area (Å²) in [5.74, 6) is -1.18. The SMILES string of the molecule is CCCCOc1ccc(C(=O)O)cc1[C@H]1C[C@@](C)(NC(=O)CCO)C[C@@H](c2ccc(F)cc2)O1. The monoisotopic (exact) mass is 473 g/mol. The number of amides is 1. The maximum Gasteiger partial charge on any atom is 0.335 e. The molecule has 1 aliphatic rings. The molecule has 7 nitrogen and oxygen atoms in total. The Balaban J connectivity index is 2.00. The summed E-state index contributed by atoms with van der Waals surface area (Å²) in [4.78, 5) is 24.0. The number of carboxylic acid groups (broad SMARTS) is 1. The number of benzene rings is 2. The standard InChI is InChI=1S/C26H32FNO6/c1-3-4-13-33-21-10-7-18(25(31)32)14-20(21)23-16-26(2,28-24(30)11-12-29)15-22(34-23)17-5-8-19(27)9-6-17/h5-10,14,22-23,29H,3-4,11-13,15-16H2,1-2H3,(H,28,30)(H,31,32)/t22-,23+,26-/m0/s1. The van der Waals surface area contributed by atoms with Crippen molar-refractivity contribution in [1.29, 1.82) is 0 Å². The van der Waals surface area contributed by atoms with Crippen molar-refractivity contribution in [2.24, 2.45) is 0 Å². The molecule has 1 fully saturated rings. The van der Waals surface area contributed by atoms with Crippen LogP contribution in [0.25, 0.3) is 0 Å². The Kier molecular flexibility index (Phi) is 8.63. The number of aliphatic hydroxyl groups is 1. The van der Waals surface area contributed by atoms with Crippen LogP contribution in [0.4, 0.5) is 4.39 Å². The van der Waals surface area contributed by atoms with Crippen LogP contribution in [0.5, 0.6) is 5.75 Å². The van der Waals surface area contributed by atoms with Crippen molar-refractivity contribution in [3.8, 4) is 5.75 Å². The lowest BCUT2D eigenvalue weighted by Gasteiger charge is -2.43. The van der Waals surface area contributed by atoms with Crippen LogP contribution in [0.1, 0.15) is 79.6 Å². The van der Waals surface area contributed by atoms with E-state index >= 15 is 0 Å². The van der Waals surface area contributed by atoms with Crippen LogP contribution in [-0.2, 0) is 9.53 Å². The van der Waals surface area contributed by atoms with Gasteiger partial charge in [-0.2, -0.15) is 0 Å². The fraction of sp³-hybridized carbons (Fsp3) is 0.462. The zero-order valence-corrected chi connectivity index (χ0v) is 19.6. The molecule has 0 saturated carbocycles. The van der Waals surface area contributed by atoms with Crippen molar-refractivity contribution in [1.82, 2.24) is 5.32 Å². The summed E-state index contributed by atoms with van der Waals surface area (Å²) in [6.07, 6.45) is 1.51. The highest BCUT2D eigenvalue weighted by molar-refractivity contribution is 5.88. The molecule has 3 rings (SSSR count). The van der Waals surface area contributed by atoms with Crippen LogP contribution in [0.2, 0.25) is 0 Å². The van der Waals surface area contributed by atoms with E-state index < -0.39 is 23.7 Å². The quantitative estimate of drug-likeness (QED) is 0.437. The van der Waals surface area contributed by atoms with Gasteiger partial charge in [-0.05, 0) is 49.2 Å². The van der Waals surface area contributed by atoms with E-state index in [-0.39, 0.29) is 30.3 Å². The van der Waals surface area contributed by atoms with Crippen LogP contribution in [-0.4, -0.2) is 40.8 Å². The number of carbonyl (C=O) groups is 2. The molecule has 0 unspecified atom stereocenters. The van der Waals surface area contributed by atoms with E-state index in [1.165, 1.54) is 18.2 Å². The Labute approximate surface area is 198 Å². The molecule has 2 aromatic rings. The lowest BCUT2D eigenvalue weighted by Crippen LogP contribution is -2.51. The second-order valence-electron chi connectivity index (χ2n) is 8.92.